The molecule has 6 nitrogen and oxygen atoms in total. The molecule has 6 heteroatoms. The maximum Gasteiger partial charge on any atom is 0.315 e. The first kappa shape index (κ1) is 11.2. The summed E-state index contributed by atoms with van der Waals surface area (Å²) in [6.07, 6.45) is 2.09. The lowest BCUT2D eigenvalue weighted by molar-refractivity contribution is -0.134. The van der Waals surface area contributed by atoms with E-state index >= 15 is 0 Å². The van der Waals surface area contributed by atoms with Crippen LogP contribution in [0.5, 0.6) is 0 Å². The van der Waals surface area contributed by atoms with E-state index in [1.165, 1.54) is 0 Å². The van der Waals surface area contributed by atoms with E-state index < -0.39 is 0 Å². The first-order valence-electron chi connectivity index (χ1n) is 5.65. The fourth-order valence-corrected chi connectivity index (χ4v) is 1.54. The van der Waals surface area contributed by atoms with Crippen molar-refractivity contribution in [2.45, 2.75) is 18.9 Å². The van der Waals surface area contributed by atoms with Crippen LogP contribution in [0.15, 0.2) is 0 Å². The highest BCUT2D eigenvalue weighted by molar-refractivity contribution is 5.84. The van der Waals surface area contributed by atoms with Gasteiger partial charge in [0.2, 0.25) is 5.91 Å². The summed E-state index contributed by atoms with van der Waals surface area (Å²) in [5.74, 6) is -0.0470. The molecule has 1 saturated carbocycles. The summed E-state index contributed by atoms with van der Waals surface area (Å²) in [4.78, 5) is 24.6. The van der Waals surface area contributed by atoms with Crippen molar-refractivity contribution >= 4 is 11.9 Å². The van der Waals surface area contributed by atoms with Crippen molar-refractivity contribution in [1.82, 2.24) is 15.5 Å². The Bertz CT molecular complexity index is 272. The van der Waals surface area contributed by atoms with E-state index in [-0.39, 0.29) is 18.5 Å². The Labute approximate surface area is 94.3 Å². The molecule has 3 amide bonds. The molecule has 0 aromatic carbocycles. The van der Waals surface area contributed by atoms with Crippen molar-refractivity contribution in [3.05, 3.63) is 0 Å². The van der Waals surface area contributed by atoms with Gasteiger partial charge >= 0.3 is 6.03 Å². The molecular formula is C10H17N3O3. The van der Waals surface area contributed by atoms with Gasteiger partial charge in [-0.15, -0.1) is 0 Å². The van der Waals surface area contributed by atoms with Gasteiger partial charge in [-0.3, -0.25) is 4.79 Å². The van der Waals surface area contributed by atoms with Crippen LogP contribution in [0.3, 0.4) is 0 Å². The van der Waals surface area contributed by atoms with Crippen molar-refractivity contribution in [3.8, 4) is 0 Å². The summed E-state index contributed by atoms with van der Waals surface area (Å²) in [5, 5.41) is 5.34. The summed E-state index contributed by atoms with van der Waals surface area (Å²) in [6.45, 7) is 2.47. The van der Waals surface area contributed by atoms with E-state index in [4.69, 9.17) is 4.74 Å². The average Bonchev–Trinajstić information content (AvgIpc) is 3.11. The maximum absolute atomic E-state index is 11.6. The van der Waals surface area contributed by atoms with Crippen LogP contribution in [-0.2, 0) is 9.53 Å². The average molecular weight is 227 g/mol. The Hall–Kier alpha value is -1.30. The van der Waals surface area contributed by atoms with Crippen LogP contribution in [0, 0.1) is 0 Å². The molecule has 0 spiro atoms. The minimum absolute atomic E-state index is 0.0470. The Morgan fingerprint density at radius 2 is 1.94 bits per heavy atom. The largest absolute Gasteiger partial charge is 0.378 e. The number of hydrogen-bond donors (Lipinski definition) is 2. The number of morpholine rings is 1. The van der Waals surface area contributed by atoms with Crippen molar-refractivity contribution in [3.63, 3.8) is 0 Å². The van der Waals surface area contributed by atoms with Gasteiger partial charge in [-0.2, -0.15) is 0 Å². The third-order valence-corrected chi connectivity index (χ3v) is 2.68. The number of amides is 3. The van der Waals surface area contributed by atoms with Crippen molar-refractivity contribution in [2.24, 2.45) is 0 Å². The van der Waals surface area contributed by atoms with Gasteiger partial charge in [-0.05, 0) is 12.8 Å². The fourth-order valence-electron chi connectivity index (χ4n) is 1.54. The molecule has 1 aliphatic heterocycles. The van der Waals surface area contributed by atoms with Crippen LogP contribution >= 0.6 is 0 Å². The summed E-state index contributed by atoms with van der Waals surface area (Å²) < 4.78 is 5.14. The lowest BCUT2D eigenvalue weighted by atomic mass is 10.4. The van der Waals surface area contributed by atoms with E-state index in [9.17, 15) is 9.59 Å². The van der Waals surface area contributed by atoms with Gasteiger partial charge in [0, 0.05) is 19.1 Å². The quantitative estimate of drug-likeness (QED) is 0.670. The zero-order chi connectivity index (χ0) is 11.4. The molecule has 2 fully saturated rings. The number of hydrogen-bond acceptors (Lipinski definition) is 3. The molecule has 0 aromatic heterocycles. The second-order valence-electron chi connectivity index (χ2n) is 4.09. The molecule has 0 unspecified atom stereocenters. The Morgan fingerprint density at radius 3 is 2.56 bits per heavy atom. The van der Waals surface area contributed by atoms with Crippen LogP contribution in [0.2, 0.25) is 0 Å². The molecular weight excluding hydrogens is 210 g/mol. The zero-order valence-electron chi connectivity index (χ0n) is 9.20. The molecule has 2 N–H and O–H groups in total. The molecule has 2 rings (SSSR count). The SMILES string of the molecule is O=C(NCC(=O)N1CCOCC1)NC1CC1. The molecule has 16 heavy (non-hydrogen) atoms. The first-order valence-corrected chi connectivity index (χ1v) is 5.65. The first-order chi connectivity index (χ1) is 7.75. The van der Waals surface area contributed by atoms with Crippen LogP contribution in [0.25, 0.3) is 0 Å². The molecule has 0 radical (unpaired) electrons. The third kappa shape index (κ3) is 3.37. The highest BCUT2D eigenvalue weighted by atomic mass is 16.5. The molecule has 1 heterocycles. The number of urea groups is 1. The Kier molecular flexibility index (Phi) is 3.61. The predicted octanol–water partition coefficient (Wildman–Crippen LogP) is -0.693. The van der Waals surface area contributed by atoms with E-state index in [1.54, 1.807) is 4.90 Å². The predicted molar refractivity (Wildman–Crippen MR) is 57.0 cm³/mol. The monoisotopic (exact) mass is 227 g/mol. The van der Waals surface area contributed by atoms with E-state index in [1.807, 2.05) is 0 Å². The van der Waals surface area contributed by atoms with Gasteiger partial charge < -0.3 is 20.3 Å². The molecule has 0 aromatic rings. The van der Waals surface area contributed by atoms with Gasteiger partial charge in [0.05, 0.1) is 19.8 Å². The normalized spacial score (nSPS) is 20.4. The molecule has 1 aliphatic carbocycles. The Balaban J connectivity index is 1.63. The summed E-state index contributed by atoms with van der Waals surface area (Å²) >= 11 is 0. The lowest BCUT2D eigenvalue weighted by Crippen LogP contribution is -2.47. The highest BCUT2D eigenvalue weighted by Gasteiger charge is 2.23. The van der Waals surface area contributed by atoms with E-state index in [2.05, 4.69) is 10.6 Å². The standard InChI is InChI=1S/C10H17N3O3/c14-9(13-3-5-16-6-4-13)7-11-10(15)12-8-1-2-8/h8H,1-7H2,(H2,11,12,15). The maximum atomic E-state index is 11.6. The molecule has 0 atom stereocenters. The second kappa shape index (κ2) is 5.16. The zero-order valence-corrected chi connectivity index (χ0v) is 9.20. The van der Waals surface area contributed by atoms with Gasteiger partial charge in [0.1, 0.15) is 0 Å². The van der Waals surface area contributed by atoms with Crippen LogP contribution in [0.4, 0.5) is 4.79 Å². The lowest BCUT2D eigenvalue weighted by Gasteiger charge is -2.26. The Morgan fingerprint density at radius 1 is 1.25 bits per heavy atom. The number of nitrogens with zero attached hydrogens (tertiary/aromatic N) is 1. The molecule has 90 valence electrons. The highest BCUT2D eigenvalue weighted by Crippen LogP contribution is 2.18. The fraction of sp³-hybridized carbons (Fsp3) is 0.800. The van der Waals surface area contributed by atoms with Crippen LogP contribution in [-0.4, -0.2) is 55.7 Å². The van der Waals surface area contributed by atoms with Crippen molar-refractivity contribution < 1.29 is 14.3 Å². The molecule has 0 bridgehead atoms. The number of carbonyl (C=O) groups excluding carboxylic acids is 2. The van der Waals surface area contributed by atoms with Gasteiger partial charge in [0.15, 0.2) is 0 Å². The summed E-state index contributed by atoms with van der Waals surface area (Å²) in [6, 6.07) is 0.0719. The van der Waals surface area contributed by atoms with E-state index in [0.717, 1.165) is 12.8 Å². The van der Waals surface area contributed by atoms with Crippen molar-refractivity contribution in [2.75, 3.05) is 32.8 Å². The topological polar surface area (TPSA) is 70.7 Å². The van der Waals surface area contributed by atoms with Gasteiger partial charge in [-0.25, -0.2) is 4.79 Å². The number of ether oxygens (including phenoxy) is 1. The van der Waals surface area contributed by atoms with Crippen LogP contribution in [0.1, 0.15) is 12.8 Å². The molecule has 1 saturated heterocycles. The summed E-state index contributed by atoms with van der Waals surface area (Å²) in [7, 11) is 0. The van der Waals surface area contributed by atoms with Crippen LogP contribution < -0.4 is 10.6 Å². The minimum Gasteiger partial charge on any atom is -0.378 e. The third-order valence-electron chi connectivity index (χ3n) is 2.68. The smallest absolute Gasteiger partial charge is 0.315 e. The van der Waals surface area contributed by atoms with Crippen molar-refractivity contribution in [1.29, 1.82) is 0 Å². The second-order valence-corrected chi connectivity index (χ2v) is 4.09. The van der Waals surface area contributed by atoms with E-state index in [0.29, 0.717) is 32.3 Å². The van der Waals surface area contributed by atoms with Gasteiger partial charge in [0.25, 0.3) is 0 Å². The number of nitrogens with one attached hydrogen (secondary N) is 2. The minimum atomic E-state index is -0.246. The number of rotatable bonds is 3. The number of carbonyl (C=O) groups is 2. The van der Waals surface area contributed by atoms with Gasteiger partial charge in [-0.1, -0.05) is 0 Å². The summed E-state index contributed by atoms with van der Waals surface area (Å²) in [5.41, 5.74) is 0. The molecule has 2 aliphatic rings.